The van der Waals surface area contributed by atoms with Crippen LogP contribution in [0.5, 0.6) is 0 Å². The number of amides is 1. The highest BCUT2D eigenvalue weighted by atomic mass is 19.1. The average molecular weight is 343 g/mol. The van der Waals surface area contributed by atoms with E-state index < -0.39 is 0 Å². The number of hydrogen-bond acceptors (Lipinski definition) is 5. The Morgan fingerprint density at radius 2 is 1.96 bits per heavy atom. The van der Waals surface area contributed by atoms with Gasteiger partial charge in [0.2, 0.25) is 11.8 Å². The Balaban J connectivity index is 1.54. The lowest BCUT2D eigenvalue weighted by molar-refractivity contribution is -0.130. The normalized spacial score (nSPS) is 10.8. The largest absolute Gasteiger partial charge is 0.469 e. The van der Waals surface area contributed by atoms with Crippen molar-refractivity contribution in [3.63, 3.8) is 0 Å². The SMILES string of the molecule is Cc1occc1-c1nnc(CCC(=O)N(C)Cc2ccc(F)cc2)o1. The molecule has 0 spiro atoms. The fourth-order valence-electron chi connectivity index (χ4n) is 2.43. The van der Waals surface area contributed by atoms with Gasteiger partial charge in [0.05, 0.1) is 11.8 Å². The van der Waals surface area contributed by atoms with Crippen LogP contribution in [0.25, 0.3) is 11.5 Å². The van der Waals surface area contributed by atoms with Gasteiger partial charge in [-0.25, -0.2) is 4.39 Å². The van der Waals surface area contributed by atoms with Crippen LogP contribution in [0.4, 0.5) is 4.39 Å². The van der Waals surface area contributed by atoms with Gasteiger partial charge in [-0.05, 0) is 30.7 Å². The van der Waals surface area contributed by atoms with E-state index in [0.29, 0.717) is 30.5 Å². The number of halogens is 1. The first kappa shape index (κ1) is 16.9. The molecule has 0 aliphatic rings. The molecule has 3 rings (SSSR count). The summed E-state index contributed by atoms with van der Waals surface area (Å²) in [5.41, 5.74) is 1.62. The summed E-state index contributed by atoms with van der Waals surface area (Å²) in [7, 11) is 1.71. The lowest BCUT2D eigenvalue weighted by Gasteiger charge is -2.16. The Kier molecular flexibility index (Phi) is 4.92. The van der Waals surface area contributed by atoms with Crippen LogP contribution in [0.3, 0.4) is 0 Å². The number of carbonyl (C=O) groups is 1. The maximum atomic E-state index is 12.9. The third-order valence-corrected chi connectivity index (χ3v) is 3.87. The Labute approximate surface area is 144 Å². The quantitative estimate of drug-likeness (QED) is 0.686. The molecule has 1 amide bonds. The number of carbonyl (C=O) groups excluding carboxylic acids is 1. The van der Waals surface area contributed by atoms with Gasteiger partial charge in [0.1, 0.15) is 11.6 Å². The molecule has 7 heteroatoms. The molecule has 0 bridgehead atoms. The summed E-state index contributed by atoms with van der Waals surface area (Å²) in [5, 5.41) is 7.95. The highest BCUT2D eigenvalue weighted by Gasteiger charge is 2.15. The minimum Gasteiger partial charge on any atom is -0.469 e. The van der Waals surface area contributed by atoms with Crippen molar-refractivity contribution in [1.82, 2.24) is 15.1 Å². The fraction of sp³-hybridized carbons (Fsp3) is 0.278. The van der Waals surface area contributed by atoms with Crippen LogP contribution in [0, 0.1) is 12.7 Å². The van der Waals surface area contributed by atoms with Crippen molar-refractivity contribution in [2.75, 3.05) is 7.05 Å². The number of benzene rings is 1. The van der Waals surface area contributed by atoms with Crippen LogP contribution < -0.4 is 0 Å². The minimum atomic E-state index is -0.294. The van der Waals surface area contributed by atoms with E-state index in [0.717, 1.165) is 11.1 Å². The molecular formula is C18H18FN3O3. The maximum Gasteiger partial charge on any atom is 0.251 e. The van der Waals surface area contributed by atoms with E-state index in [9.17, 15) is 9.18 Å². The molecule has 0 saturated carbocycles. The summed E-state index contributed by atoms with van der Waals surface area (Å²) in [4.78, 5) is 13.8. The molecule has 6 nitrogen and oxygen atoms in total. The second-order valence-corrected chi connectivity index (χ2v) is 5.77. The third-order valence-electron chi connectivity index (χ3n) is 3.87. The Bertz CT molecular complexity index is 855. The van der Waals surface area contributed by atoms with E-state index in [-0.39, 0.29) is 18.1 Å². The van der Waals surface area contributed by atoms with Crippen molar-refractivity contribution in [3.05, 3.63) is 59.6 Å². The van der Waals surface area contributed by atoms with Crippen LogP contribution in [0.15, 0.2) is 45.4 Å². The van der Waals surface area contributed by atoms with Gasteiger partial charge in [0.25, 0.3) is 5.89 Å². The van der Waals surface area contributed by atoms with E-state index in [4.69, 9.17) is 8.83 Å². The summed E-state index contributed by atoms with van der Waals surface area (Å²) in [6.07, 6.45) is 2.17. The number of aryl methyl sites for hydroxylation is 2. The number of aromatic nitrogens is 2. The summed E-state index contributed by atoms with van der Waals surface area (Å²) in [5.74, 6) is 1.14. The highest BCUT2D eigenvalue weighted by molar-refractivity contribution is 5.76. The predicted octanol–water partition coefficient (Wildman–Crippen LogP) is 3.37. The van der Waals surface area contributed by atoms with Gasteiger partial charge in [0, 0.05) is 26.4 Å². The molecule has 0 N–H and O–H groups in total. The van der Waals surface area contributed by atoms with Gasteiger partial charge >= 0.3 is 0 Å². The van der Waals surface area contributed by atoms with Gasteiger partial charge in [-0.1, -0.05) is 12.1 Å². The van der Waals surface area contributed by atoms with E-state index in [2.05, 4.69) is 10.2 Å². The molecule has 0 saturated heterocycles. The molecule has 2 aromatic heterocycles. The number of hydrogen-bond donors (Lipinski definition) is 0. The smallest absolute Gasteiger partial charge is 0.251 e. The molecular weight excluding hydrogens is 325 g/mol. The Morgan fingerprint density at radius 1 is 1.20 bits per heavy atom. The van der Waals surface area contributed by atoms with Crippen LogP contribution in [-0.2, 0) is 17.8 Å². The lowest BCUT2D eigenvalue weighted by Crippen LogP contribution is -2.26. The molecule has 3 aromatic rings. The van der Waals surface area contributed by atoms with Crippen LogP contribution in [-0.4, -0.2) is 28.1 Å². The first-order valence-electron chi connectivity index (χ1n) is 7.88. The second kappa shape index (κ2) is 7.29. The zero-order valence-corrected chi connectivity index (χ0v) is 14.0. The summed E-state index contributed by atoms with van der Waals surface area (Å²) >= 11 is 0. The van der Waals surface area contributed by atoms with E-state index in [1.54, 1.807) is 36.4 Å². The van der Waals surface area contributed by atoms with Gasteiger partial charge < -0.3 is 13.7 Å². The molecule has 0 unspecified atom stereocenters. The predicted molar refractivity (Wildman–Crippen MR) is 87.9 cm³/mol. The van der Waals surface area contributed by atoms with Crippen molar-refractivity contribution in [2.24, 2.45) is 0 Å². The van der Waals surface area contributed by atoms with Crippen molar-refractivity contribution in [1.29, 1.82) is 0 Å². The van der Waals surface area contributed by atoms with Crippen molar-refractivity contribution < 1.29 is 18.0 Å². The number of nitrogens with zero attached hydrogens (tertiary/aromatic N) is 3. The molecule has 0 atom stereocenters. The fourth-order valence-corrected chi connectivity index (χ4v) is 2.43. The highest BCUT2D eigenvalue weighted by Crippen LogP contribution is 2.23. The van der Waals surface area contributed by atoms with Gasteiger partial charge in [-0.2, -0.15) is 0 Å². The van der Waals surface area contributed by atoms with Crippen molar-refractivity contribution in [3.8, 4) is 11.5 Å². The zero-order valence-electron chi connectivity index (χ0n) is 14.0. The van der Waals surface area contributed by atoms with E-state index in [1.165, 1.54) is 12.1 Å². The molecule has 0 aliphatic carbocycles. The molecule has 130 valence electrons. The van der Waals surface area contributed by atoms with Crippen molar-refractivity contribution >= 4 is 5.91 Å². The van der Waals surface area contributed by atoms with E-state index in [1.807, 2.05) is 6.92 Å². The second-order valence-electron chi connectivity index (χ2n) is 5.77. The number of furan rings is 1. The zero-order chi connectivity index (χ0) is 17.8. The number of rotatable bonds is 6. The van der Waals surface area contributed by atoms with Gasteiger partial charge in [-0.15, -0.1) is 10.2 Å². The molecule has 25 heavy (non-hydrogen) atoms. The molecule has 0 fully saturated rings. The Hall–Kier alpha value is -2.96. The minimum absolute atomic E-state index is 0.0523. The molecule has 1 aromatic carbocycles. The standard InChI is InChI=1S/C18H18FN3O3/c1-12-15(9-10-24-12)18-21-20-16(25-18)7-8-17(23)22(2)11-13-3-5-14(19)6-4-13/h3-6,9-10H,7-8,11H2,1-2H3. The lowest BCUT2D eigenvalue weighted by atomic mass is 10.2. The van der Waals surface area contributed by atoms with Gasteiger partial charge in [0.15, 0.2) is 0 Å². The topological polar surface area (TPSA) is 72.4 Å². The van der Waals surface area contributed by atoms with Crippen LogP contribution in [0.1, 0.15) is 23.6 Å². The molecule has 2 heterocycles. The molecule has 0 radical (unpaired) electrons. The van der Waals surface area contributed by atoms with Gasteiger partial charge in [-0.3, -0.25) is 4.79 Å². The average Bonchev–Trinajstić information content (AvgIpc) is 3.23. The first-order valence-corrected chi connectivity index (χ1v) is 7.88. The first-order chi connectivity index (χ1) is 12.0. The van der Waals surface area contributed by atoms with Crippen LogP contribution in [0.2, 0.25) is 0 Å². The van der Waals surface area contributed by atoms with Crippen molar-refractivity contribution in [2.45, 2.75) is 26.3 Å². The monoisotopic (exact) mass is 343 g/mol. The van der Waals surface area contributed by atoms with Crippen LogP contribution >= 0.6 is 0 Å². The molecule has 0 aliphatic heterocycles. The third kappa shape index (κ3) is 4.12. The Morgan fingerprint density at radius 3 is 2.64 bits per heavy atom. The maximum absolute atomic E-state index is 12.9. The summed E-state index contributed by atoms with van der Waals surface area (Å²) in [6.45, 7) is 2.23. The summed E-state index contributed by atoms with van der Waals surface area (Å²) in [6, 6.07) is 7.85. The van der Waals surface area contributed by atoms with E-state index >= 15 is 0 Å². The summed E-state index contributed by atoms with van der Waals surface area (Å²) < 4.78 is 23.7.